The Bertz CT molecular complexity index is 736. The summed E-state index contributed by atoms with van der Waals surface area (Å²) in [6, 6.07) is 17.6. The number of unbranched alkanes of at least 4 members (excludes halogenated alkanes) is 5. The van der Waals surface area contributed by atoms with Crippen molar-refractivity contribution in [1.82, 2.24) is 0 Å². The van der Waals surface area contributed by atoms with Crippen LogP contribution < -0.4 is 10.6 Å². The van der Waals surface area contributed by atoms with E-state index in [9.17, 15) is 14.2 Å². The zero-order valence-electron chi connectivity index (χ0n) is 16.4. The summed E-state index contributed by atoms with van der Waals surface area (Å²) in [6.45, 7) is 2.15. The van der Waals surface area contributed by atoms with Crippen LogP contribution in [0.15, 0.2) is 60.7 Å². The first-order valence-electron chi connectivity index (χ1n) is 9.88. The lowest BCUT2D eigenvalue weighted by Crippen LogP contribution is -2.22. The van der Waals surface area contributed by atoms with Crippen LogP contribution in [0.2, 0.25) is 0 Å². The van der Waals surface area contributed by atoms with Crippen LogP contribution in [-0.4, -0.2) is 17.5 Å². The molecule has 0 spiro atoms. The van der Waals surface area contributed by atoms with Gasteiger partial charge in [0.05, 0.1) is 0 Å². The molecule has 2 amide bonds. The van der Waals surface area contributed by atoms with E-state index in [1.807, 2.05) is 12.1 Å². The normalized spacial score (nSPS) is 11.0. The zero-order chi connectivity index (χ0) is 20.2. The van der Waals surface area contributed by atoms with E-state index in [1.54, 1.807) is 48.5 Å². The zero-order valence-corrected chi connectivity index (χ0v) is 17.3. The summed E-state index contributed by atoms with van der Waals surface area (Å²) in [5.41, 5.74) is -0.354. The fraction of sp³-hybridized carbons (Fsp3) is 0.364. The van der Waals surface area contributed by atoms with Crippen molar-refractivity contribution in [2.45, 2.75) is 45.4 Å². The summed E-state index contributed by atoms with van der Waals surface area (Å²) < 4.78 is 13.5. The second kappa shape index (κ2) is 11.5. The van der Waals surface area contributed by atoms with Crippen LogP contribution in [0, 0.1) is 0 Å². The number of carbonyl (C=O) groups is 2. The molecule has 6 heteroatoms. The van der Waals surface area contributed by atoms with Crippen molar-refractivity contribution in [2.75, 3.05) is 16.8 Å². The average molecular weight is 400 g/mol. The van der Waals surface area contributed by atoms with Crippen LogP contribution in [0.1, 0.15) is 45.4 Å². The van der Waals surface area contributed by atoms with Gasteiger partial charge in [-0.15, -0.1) is 0 Å². The number of rotatable bonds is 11. The van der Waals surface area contributed by atoms with Gasteiger partial charge in [0.2, 0.25) is 0 Å². The summed E-state index contributed by atoms with van der Waals surface area (Å²) in [5.74, 6) is 0. The fourth-order valence-corrected chi connectivity index (χ4v) is 4.76. The molecule has 5 nitrogen and oxygen atoms in total. The van der Waals surface area contributed by atoms with Crippen molar-refractivity contribution in [3.8, 4) is 0 Å². The standard InChI is InChI=1S/C22H29N2O3P/c1-2-3-4-5-6-13-18-28(27,21(25)23-19-14-9-7-10-15-19)22(26)24-20-16-11-8-12-17-20/h7-12,14-17H,2-6,13,18H2,1H3,(H,23,25)(H,24,26). The Morgan fingerprint density at radius 2 is 1.14 bits per heavy atom. The molecule has 0 saturated carbocycles. The Morgan fingerprint density at radius 1 is 0.714 bits per heavy atom. The van der Waals surface area contributed by atoms with Crippen LogP contribution in [0.4, 0.5) is 21.0 Å². The van der Waals surface area contributed by atoms with Crippen LogP contribution >= 0.6 is 7.14 Å². The Hall–Kier alpha value is -2.39. The third-order valence-corrected chi connectivity index (χ3v) is 7.01. The minimum absolute atomic E-state index is 0.0798. The van der Waals surface area contributed by atoms with Crippen molar-refractivity contribution >= 4 is 29.8 Å². The predicted molar refractivity (Wildman–Crippen MR) is 117 cm³/mol. The molecule has 2 aromatic carbocycles. The van der Waals surface area contributed by atoms with Gasteiger partial charge in [-0.2, -0.15) is 0 Å². The van der Waals surface area contributed by atoms with Gasteiger partial charge in [-0.3, -0.25) is 9.59 Å². The van der Waals surface area contributed by atoms with Crippen molar-refractivity contribution in [1.29, 1.82) is 0 Å². The highest BCUT2D eigenvalue weighted by molar-refractivity contribution is 7.94. The molecule has 28 heavy (non-hydrogen) atoms. The highest BCUT2D eigenvalue weighted by Crippen LogP contribution is 2.50. The molecule has 0 heterocycles. The van der Waals surface area contributed by atoms with Gasteiger partial charge in [0.15, 0.2) is 0 Å². The van der Waals surface area contributed by atoms with E-state index in [4.69, 9.17) is 0 Å². The maximum atomic E-state index is 13.5. The van der Waals surface area contributed by atoms with E-state index in [-0.39, 0.29) is 6.16 Å². The Kier molecular flexibility index (Phi) is 8.96. The smallest absolute Gasteiger partial charge is 0.292 e. The highest BCUT2D eigenvalue weighted by Gasteiger charge is 2.39. The largest absolute Gasteiger partial charge is 0.319 e. The number of nitrogens with one attached hydrogen (secondary N) is 2. The lowest BCUT2D eigenvalue weighted by molar-refractivity contribution is 0.263. The average Bonchev–Trinajstić information content (AvgIpc) is 2.71. The molecule has 0 radical (unpaired) electrons. The van der Waals surface area contributed by atoms with E-state index < -0.39 is 18.4 Å². The molecule has 0 bridgehead atoms. The van der Waals surface area contributed by atoms with Gasteiger partial charge in [0.25, 0.3) is 18.4 Å². The van der Waals surface area contributed by atoms with Crippen molar-refractivity contribution < 1.29 is 14.2 Å². The number of benzene rings is 2. The van der Waals surface area contributed by atoms with Crippen LogP contribution in [0.3, 0.4) is 0 Å². The highest BCUT2D eigenvalue weighted by atomic mass is 31.2. The van der Waals surface area contributed by atoms with E-state index in [0.29, 0.717) is 17.8 Å². The maximum absolute atomic E-state index is 13.5. The van der Waals surface area contributed by atoms with Crippen LogP contribution in [0.25, 0.3) is 0 Å². The van der Waals surface area contributed by atoms with Gasteiger partial charge in [-0.25, -0.2) is 0 Å². The Labute approximate surface area is 167 Å². The Balaban J connectivity index is 2.08. The fourth-order valence-electron chi connectivity index (χ4n) is 2.88. The first-order valence-corrected chi connectivity index (χ1v) is 11.8. The minimum Gasteiger partial charge on any atom is -0.319 e. The van der Waals surface area contributed by atoms with Crippen LogP contribution in [0.5, 0.6) is 0 Å². The van der Waals surface area contributed by atoms with E-state index in [1.165, 1.54) is 6.42 Å². The molecular weight excluding hydrogens is 371 g/mol. The number of anilines is 2. The molecule has 0 aliphatic carbocycles. The number of hydrogen-bond acceptors (Lipinski definition) is 3. The third-order valence-electron chi connectivity index (χ3n) is 4.53. The summed E-state index contributed by atoms with van der Waals surface area (Å²) in [4.78, 5) is 25.6. The second-order valence-corrected chi connectivity index (χ2v) is 9.56. The van der Waals surface area contributed by atoms with E-state index >= 15 is 0 Å². The van der Waals surface area contributed by atoms with Gasteiger partial charge >= 0.3 is 0 Å². The van der Waals surface area contributed by atoms with Gasteiger partial charge in [0.1, 0.15) is 0 Å². The molecule has 2 rings (SSSR count). The molecule has 0 unspecified atom stereocenters. The molecule has 0 atom stereocenters. The molecule has 0 fully saturated rings. The summed E-state index contributed by atoms with van der Waals surface area (Å²) in [5, 5.41) is 5.30. The van der Waals surface area contributed by atoms with Gasteiger partial charge < -0.3 is 15.2 Å². The quantitative estimate of drug-likeness (QED) is 0.310. The summed E-state index contributed by atoms with van der Waals surface area (Å²) in [6.07, 6.45) is 5.99. The topological polar surface area (TPSA) is 75.3 Å². The monoisotopic (exact) mass is 400 g/mol. The molecular formula is C22H29N2O3P. The molecule has 0 saturated heterocycles. The number of para-hydroxylation sites is 2. The van der Waals surface area contributed by atoms with Crippen molar-refractivity contribution in [3.63, 3.8) is 0 Å². The molecule has 2 N–H and O–H groups in total. The summed E-state index contributed by atoms with van der Waals surface area (Å²) >= 11 is 0. The predicted octanol–water partition coefficient (Wildman–Crippen LogP) is 7.17. The van der Waals surface area contributed by atoms with Crippen LogP contribution in [-0.2, 0) is 4.57 Å². The van der Waals surface area contributed by atoms with Gasteiger partial charge in [-0.05, 0) is 30.7 Å². The van der Waals surface area contributed by atoms with Crippen molar-refractivity contribution in [3.05, 3.63) is 60.7 Å². The molecule has 2 aromatic rings. The molecule has 150 valence electrons. The lowest BCUT2D eigenvalue weighted by Gasteiger charge is -2.17. The second-order valence-electron chi connectivity index (χ2n) is 6.82. The number of hydrogen-bond donors (Lipinski definition) is 2. The molecule has 0 aromatic heterocycles. The summed E-state index contributed by atoms with van der Waals surface area (Å²) in [7, 11) is -3.79. The third kappa shape index (κ3) is 6.65. The first kappa shape index (κ1) is 21.9. The number of carbonyl (C=O) groups excluding carboxylic acids is 2. The minimum atomic E-state index is -3.79. The molecule has 0 aliphatic heterocycles. The van der Waals surface area contributed by atoms with Gasteiger partial charge in [0, 0.05) is 17.5 Å². The SMILES string of the molecule is CCCCCCCCP(=O)(C(=O)Nc1ccccc1)C(=O)Nc1ccccc1. The van der Waals surface area contributed by atoms with E-state index in [0.717, 1.165) is 25.7 Å². The molecule has 0 aliphatic rings. The first-order chi connectivity index (χ1) is 13.6. The van der Waals surface area contributed by atoms with E-state index in [2.05, 4.69) is 17.6 Å². The van der Waals surface area contributed by atoms with Crippen molar-refractivity contribution in [2.24, 2.45) is 0 Å². The Morgan fingerprint density at radius 3 is 1.61 bits per heavy atom. The maximum Gasteiger partial charge on any atom is 0.292 e. The van der Waals surface area contributed by atoms with Gasteiger partial charge in [-0.1, -0.05) is 75.4 Å². The number of amides is 2. The lowest BCUT2D eigenvalue weighted by atomic mass is 10.1.